The van der Waals surface area contributed by atoms with Gasteiger partial charge in [0.2, 0.25) is 5.78 Å². The number of aromatic nitrogens is 5. The first-order valence-electron chi connectivity index (χ1n) is 10.3. The van der Waals surface area contributed by atoms with Gasteiger partial charge in [-0.2, -0.15) is 13.5 Å². The number of anilines is 1. The lowest BCUT2D eigenvalue weighted by molar-refractivity contribution is 0.101. The van der Waals surface area contributed by atoms with Crippen LogP contribution in [0.2, 0.25) is 5.15 Å². The van der Waals surface area contributed by atoms with Gasteiger partial charge in [-0.15, -0.1) is 0 Å². The van der Waals surface area contributed by atoms with Gasteiger partial charge in [-0.05, 0) is 31.0 Å². The van der Waals surface area contributed by atoms with E-state index in [9.17, 15) is 18.3 Å². The Morgan fingerprint density at radius 3 is 2.91 bits per heavy atom. The van der Waals surface area contributed by atoms with Crippen molar-refractivity contribution < 1.29 is 22.5 Å². The number of rotatable bonds is 9. The largest absolute Gasteiger partial charge is 0.393 e. The van der Waals surface area contributed by atoms with Crippen molar-refractivity contribution in [1.82, 2.24) is 24.7 Å². The smallest absolute Gasteiger partial charge is 0.333 e. The molecule has 0 amide bonds. The first kappa shape index (κ1) is 24.2. The summed E-state index contributed by atoms with van der Waals surface area (Å²) in [6, 6.07) is 6.58. The Balaban J connectivity index is 1.44. The number of hydrogen-bond acceptors (Lipinski definition) is 10. The molecule has 1 saturated carbocycles. The zero-order chi connectivity index (χ0) is 24.3. The highest BCUT2D eigenvalue weighted by atomic mass is 35.5. The zero-order valence-corrected chi connectivity index (χ0v) is 19.4. The van der Waals surface area contributed by atoms with Gasteiger partial charge in [0.15, 0.2) is 0 Å². The summed E-state index contributed by atoms with van der Waals surface area (Å²) in [6.07, 6.45) is 4.28. The van der Waals surface area contributed by atoms with Gasteiger partial charge in [-0.1, -0.05) is 17.7 Å². The summed E-state index contributed by atoms with van der Waals surface area (Å²) in [6.45, 7) is 0.110. The highest BCUT2D eigenvalue weighted by Crippen LogP contribution is 2.30. The number of carbonyl (C=O) groups is 1. The lowest BCUT2D eigenvalue weighted by Crippen LogP contribution is -2.24. The summed E-state index contributed by atoms with van der Waals surface area (Å²) in [5.74, 6) is -0.530. The van der Waals surface area contributed by atoms with Gasteiger partial charge in [-0.3, -0.25) is 13.7 Å². The molecule has 12 nitrogen and oxygen atoms in total. The van der Waals surface area contributed by atoms with Crippen LogP contribution in [0.4, 0.5) is 5.82 Å². The molecule has 0 radical (unpaired) electrons. The molecule has 0 bridgehead atoms. The molecule has 1 fully saturated rings. The van der Waals surface area contributed by atoms with Crippen molar-refractivity contribution in [3.05, 3.63) is 65.1 Å². The van der Waals surface area contributed by atoms with Crippen LogP contribution in [-0.2, 0) is 21.0 Å². The third-order valence-corrected chi connectivity index (χ3v) is 6.05. The number of ketones is 1. The van der Waals surface area contributed by atoms with Crippen LogP contribution in [0.25, 0.3) is 0 Å². The molecular weight excluding hydrogens is 486 g/mol. The van der Waals surface area contributed by atoms with E-state index in [2.05, 4.69) is 29.6 Å². The van der Waals surface area contributed by atoms with Crippen LogP contribution in [0.5, 0.6) is 0 Å². The molecule has 3 atom stereocenters. The SMILES string of the molecule is NS(=O)(=O)OC[C@H]1CC(Nc2ncncc2C(=O)c2ccn(Cc3cccc(Cl)n3)n2)C[C@@H]1O. The maximum absolute atomic E-state index is 13.1. The van der Waals surface area contributed by atoms with Gasteiger partial charge in [0.05, 0.1) is 30.5 Å². The van der Waals surface area contributed by atoms with Crippen molar-refractivity contribution in [2.75, 3.05) is 11.9 Å². The number of aliphatic hydroxyl groups excluding tert-OH is 1. The maximum Gasteiger partial charge on any atom is 0.333 e. The Kier molecular flexibility index (Phi) is 7.19. The lowest BCUT2D eigenvalue weighted by Gasteiger charge is -2.15. The molecule has 1 unspecified atom stereocenters. The van der Waals surface area contributed by atoms with E-state index in [0.717, 1.165) is 0 Å². The zero-order valence-electron chi connectivity index (χ0n) is 17.8. The molecule has 0 aliphatic heterocycles. The van der Waals surface area contributed by atoms with Crippen LogP contribution in [0.1, 0.15) is 34.6 Å². The summed E-state index contributed by atoms with van der Waals surface area (Å²) >= 11 is 5.92. The second kappa shape index (κ2) is 10.1. The minimum Gasteiger partial charge on any atom is -0.393 e. The Hall–Kier alpha value is -2.97. The van der Waals surface area contributed by atoms with Gasteiger partial charge in [0, 0.05) is 24.4 Å². The number of hydrogen-bond donors (Lipinski definition) is 3. The molecule has 3 heterocycles. The standard InChI is InChI=1S/C20H22ClN7O5S/c21-18-3-1-2-13(25-18)9-28-5-4-16(27-28)19(30)15-8-23-11-24-20(15)26-14-6-12(17(29)7-14)10-33-34(22,31)32/h1-5,8,11-12,14,17,29H,6-7,9-10H2,(H2,22,31,32)(H,23,24,26)/t12-,14?,17+/m1/s1. The Labute approximate surface area is 200 Å². The fourth-order valence-corrected chi connectivity index (χ4v) is 4.35. The molecule has 4 rings (SSSR count). The molecule has 34 heavy (non-hydrogen) atoms. The molecule has 14 heteroatoms. The molecule has 3 aromatic rings. The van der Waals surface area contributed by atoms with Crippen molar-refractivity contribution in [3.63, 3.8) is 0 Å². The average Bonchev–Trinajstić information content (AvgIpc) is 3.38. The van der Waals surface area contributed by atoms with Crippen LogP contribution in [-0.4, -0.2) is 62.8 Å². The Morgan fingerprint density at radius 2 is 2.15 bits per heavy atom. The van der Waals surface area contributed by atoms with Crippen molar-refractivity contribution >= 4 is 33.5 Å². The van der Waals surface area contributed by atoms with Gasteiger partial charge in [-0.25, -0.2) is 20.1 Å². The van der Waals surface area contributed by atoms with Gasteiger partial charge >= 0.3 is 10.3 Å². The number of aliphatic hydroxyl groups is 1. The lowest BCUT2D eigenvalue weighted by atomic mass is 10.1. The molecule has 180 valence electrons. The van der Waals surface area contributed by atoms with Crippen LogP contribution in [0, 0.1) is 5.92 Å². The topological polar surface area (TPSA) is 175 Å². The van der Waals surface area contributed by atoms with Gasteiger partial charge < -0.3 is 10.4 Å². The highest BCUT2D eigenvalue weighted by Gasteiger charge is 2.34. The van der Waals surface area contributed by atoms with Crippen LogP contribution < -0.4 is 10.5 Å². The monoisotopic (exact) mass is 507 g/mol. The third kappa shape index (κ3) is 6.12. The number of nitrogens with zero attached hydrogens (tertiary/aromatic N) is 5. The maximum atomic E-state index is 13.1. The normalized spacial score (nSPS) is 20.4. The number of halogens is 1. The van der Waals surface area contributed by atoms with E-state index in [0.29, 0.717) is 30.2 Å². The van der Waals surface area contributed by atoms with E-state index >= 15 is 0 Å². The summed E-state index contributed by atoms with van der Waals surface area (Å²) in [5, 5.41) is 23.0. The molecule has 0 saturated heterocycles. The predicted octanol–water partition coefficient (Wildman–Crippen LogP) is 0.772. The number of pyridine rings is 1. The summed E-state index contributed by atoms with van der Waals surface area (Å²) < 4.78 is 28.2. The minimum atomic E-state index is -4.10. The van der Waals surface area contributed by atoms with E-state index in [1.165, 1.54) is 12.5 Å². The van der Waals surface area contributed by atoms with E-state index in [4.69, 9.17) is 16.7 Å². The summed E-state index contributed by atoms with van der Waals surface area (Å²) in [4.78, 5) is 25.5. The highest BCUT2D eigenvalue weighted by molar-refractivity contribution is 7.84. The molecule has 0 spiro atoms. The van der Waals surface area contributed by atoms with Crippen molar-refractivity contribution in [3.8, 4) is 0 Å². The van der Waals surface area contributed by atoms with Crippen LogP contribution in [0.3, 0.4) is 0 Å². The fraction of sp³-hybridized carbons (Fsp3) is 0.350. The number of carbonyl (C=O) groups excluding carboxylic acids is 1. The minimum absolute atomic E-state index is 0.200. The Morgan fingerprint density at radius 1 is 1.32 bits per heavy atom. The van der Waals surface area contributed by atoms with Crippen molar-refractivity contribution in [1.29, 1.82) is 0 Å². The van der Waals surface area contributed by atoms with E-state index in [-0.39, 0.29) is 35.5 Å². The quantitative estimate of drug-likeness (QED) is 0.277. The van der Waals surface area contributed by atoms with Crippen LogP contribution >= 0.6 is 11.6 Å². The van der Waals surface area contributed by atoms with Crippen molar-refractivity contribution in [2.45, 2.75) is 31.5 Å². The summed E-state index contributed by atoms with van der Waals surface area (Å²) in [5.41, 5.74) is 1.11. The molecule has 4 N–H and O–H groups in total. The van der Waals surface area contributed by atoms with Gasteiger partial charge in [0.25, 0.3) is 0 Å². The first-order chi connectivity index (χ1) is 16.2. The number of nitrogens with one attached hydrogen (secondary N) is 1. The second-order valence-electron chi connectivity index (χ2n) is 7.88. The first-order valence-corrected chi connectivity index (χ1v) is 12.1. The van der Waals surface area contributed by atoms with Crippen molar-refractivity contribution in [2.24, 2.45) is 11.1 Å². The van der Waals surface area contributed by atoms with E-state index in [1.54, 1.807) is 35.1 Å². The fourth-order valence-electron chi connectivity index (χ4n) is 3.80. The summed E-state index contributed by atoms with van der Waals surface area (Å²) in [7, 11) is -4.10. The molecule has 0 aromatic carbocycles. The predicted molar refractivity (Wildman–Crippen MR) is 121 cm³/mol. The average molecular weight is 508 g/mol. The second-order valence-corrected chi connectivity index (χ2v) is 9.49. The molecule has 1 aliphatic rings. The third-order valence-electron chi connectivity index (χ3n) is 5.37. The van der Waals surface area contributed by atoms with Gasteiger partial charge in [0.1, 0.15) is 23.0 Å². The molecule has 3 aromatic heterocycles. The van der Waals surface area contributed by atoms with E-state index in [1.807, 2.05) is 0 Å². The van der Waals surface area contributed by atoms with Crippen LogP contribution in [0.15, 0.2) is 43.0 Å². The van der Waals surface area contributed by atoms with E-state index < -0.39 is 22.3 Å². The molecular formula is C20H22ClN7O5S. The Bertz CT molecular complexity index is 1290. The number of nitrogens with two attached hydrogens (primary N) is 1. The molecule has 1 aliphatic carbocycles.